The summed E-state index contributed by atoms with van der Waals surface area (Å²) in [5, 5.41) is 5.02. The van der Waals surface area contributed by atoms with Crippen LogP contribution >= 0.6 is 11.6 Å². The molecule has 0 aliphatic rings. The minimum Gasteiger partial charge on any atom is -0.301 e. The van der Waals surface area contributed by atoms with Gasteiger partial charge in [0.15, 0.2) is 5.82 Å². The quantitative estimate of drug-likeness (QED) is 0.477. The number of halogens is 2. The van der Waals surface area contributed by atoms with Crippen molar-refractivity contribution >= 4 is 29.0 Å². The van der Waals surface area contributed by atoms with Crippen LogP contribution in [0.5, 0.6) is 0 Å². The third-order valence-electron chi connectivity index (χ3n) is 4.84. The Labute approximate surface area is 178 Å². The lowest BCUT2D eigenvalue weighted by Gasteiger charge is -2.22. The second-order valence-electron chi connectivity index (χ2n) is 7.07. The van der Waals surface area contributed by atoms with Crippen molar-refractivity contribution in [3.8, 4) is 0 Å². The molecule has 2 aromatic carbocycles. The van der Waals surface area contributed by atoms with Crippen LogP contribution < -0.4 is 4.90 Å². The van der Waals surface area contributed by atoms with Crippen molar-refractivity contribution in [1.29, 1.82) is 0 Å². The van der Waals surface area contributed by atoms with Crippen molar-refractivity contribution < 1.29 is 9.18 Å². The van der Waals surface area contributed by atoms with Gasteiger partial charge in [-0.25, -0.2) is 9.37 Å². The van der Waals surface area contributed by atoms with Gasteiger partial charge in [0.2, 0.25) is 0 Å². The third kappa shape index (κ3) is 3.76. The van der Waals surface area contributed by atoms with Crippen molar-refractivity contribution in [2.45, 2.75) is 27.3 Å². The van der Waals surface area contributed by atoms with E-state index in [4.69, 9.17) is 11.6 Å². The summed E-state index contributed by atoms with van der Waals surface area (Å²) in [4.78, 5) is 23.7. The Hall–Kier alpha value is -3.32. The fraction of sp³-hybridized carbons (Fsp3) is 0.182. The van der Waals surface area contributed by atoms with Gasteiger partial charge in [-0.1, -0.05) is 29.3 Å². The SMILES string of the molecule is Cc1ccc(N(Cc2nc3nc(C)c(Cl)c(C)n3n2)C(=O)c2ccc(F)cc2)cc1. The average Bonchev–Trinajstić information content (AvgIpc) is 3.14. The molecule has 2 aromatic heterocycles. The Morgan fingerprint density at radius 2 is 1.70 bits per heavy atom. The van der Waals surface area contributed by atoms with Crippen LogP contribution in [0.2, 0.25) is 5.02 Å². The smallest absolute Gasteiger partial charge is 0.258 e. The highest BCUT2D eigenvalue weighted by molar-refractivity contribution is 6.31. The van der Waals surface area contributed by atoms with E-state index < -0.39 is 5.82 Å². The zero-order valence-electron chi connectivity index (χ0n) is 16.7. The minimum absolute atomic E-state index is 0.124. The first kappa shape index (κ1) is 20.0. The van der Waals surface area contributed by atoms with E-state index in [0.717, 1.165) is 11.3 Å². The molecule has 0 fully saturated rings. The number of anilines is 1. The number of aromatic nitrogens is 4. The molecule has 0 saturated heterocycles. The number of hydrogen-bond acceptors (Lipinski definition) is 4. The molecule has 0 spiro atoms. The molecule has 0 bridgehead atoms. The van der Waals surface area contributed by atoms with Crippen molar-refractivity contribution in [2.24, 2.45) is 0 Å². The molecule has 0 saturated carbocycles. The molecular weight excluding hydrogens is 405 g/mol. The van der Waals surface area contributed by atoms with Crippen LogP contribution in [0, 0.1) is 26.6 Å². The van der Waals surface area contributed by atoms with Crippen LogP contribution in [-0.4, -0.2) is 25.5 Å². The summed E-state index contributed by atoms with van der Waals surface area (Å²) < 4.78 is 14.9. The first-order valence-corrected chi connectivity index (χ1v) is 9.74. The number of nitrogens with zero attached hydrogens (tertiary/aromatic N) is 5. The number of aryl methyl sites for hydroxylation is 3. The Bertz CT molecular complexity index is 1240. The van der Waals surface area contributed by atoms with Crippen molar-refractivity contribution in [2.75, 3.05) is 4.90 Å². The summed E-state index contributed by atoms with van der Waals surface area (Å²) in [6.07, 6.45) is 0. The molecule has 4 rings (SSSR count). The number of amides is 1. The predicted octanol–water partition coefficient (Wildman–Crippen LogP) is 4.69. The van der Waals surface area contributed by atoms with Crippen molar-refractivity contribution in [1.82, 2.24) is 19.6 Å². The summed E-state index contributed by atoms with van der Waals surface area (Å²) in [5.74, 6) is 0.159. The molecule has 152 valence electrons. The topological polar surface area (TPSA) is 63.4 Å². The summed E-state index contributed by atoms with van der Waals surface area (Å²) in [6, 6.07) is 13.0. The number of benzene rings is 2. The second kappa shape index (κ2) is 7.84. The largest absolute Gasteiger partial charge is 0.301 e. The first-order chi connectivity index (χ1) is 14.3. The van der Waals surface area contributed by atoms with Gasteiger partial charge in [-0.2, -0.15) is 9.50 Å². The Morgan fingerprint density at radius 3 is 2.37 bits per heavy atom. The lowest BCUT2D eigenvalue weighted by atomic mass is 10.1. The summed E-state index contributed by atoms with van der Waals surface area (Å²) in [6.45, 7) is 5.74. The Morgan fingerprint density at radius 1 is 1.03 bits per heavy atom. The molecule has 6 nitrogen and oxygen atoms in total. The maximum absolute atomic E-state index is 13.3. The number of carbonyl (C=O) groups excluding carboxylic acids is 1. The highest BCUT2D eigenvalue weighted by Gasteiger charge is 2.21. The Balaban J connectivity index is 1.75. The molecule has 30 heavy (non-hydrogen) atoms. The lowest BCUT2D eigenvalue weighted by molar-refractivity contribution is 0.0984. The van der Waals surface area contributed by atoms with Gasteiger partial charge in [-0.15, -0.1) is 5.10 Å². The fourth-order valence-electron chi connectivity index (χ4n) is 3.16. The van der Waals surface area contributed by atoms with Gasteiger partial charge in [0.05, 0.1) is 23.0 Å². The Kier molecular flexibility index (Phi) is 5.22. The molecule has 8 heteroatoms. The van der Waals surface area contributed by atoms with Gasteiger partial charge in [0.25, 0.3) is 11.7 Å². The summed E-state index contributed by atoms with van der Waals surface area (Å²) in [5.41, 5.74) is 3.52. The predicted molar refractivity (Wildman–Crippen MR) is 113 cm³/mol. The van der Waals surface area contributed by atoms with Crippen LogP contribution in [0.15, 0.2) is 48.5 Å². The van der Waals surface area contributed by atoms with E-state index in [1.54, 1.807) is 16.3 Å². The number of rotatable bonds is 4. The highest BCUT2D eigenvalue weighted by atomic mass is 35.5. The van der Waals surface area contributed by atoms with Crippen LogP contribution in [-0.2, 0) is 6.54 Å². The highest BCUT2D eigenvalue weighted by Crippen LogP contribution is 2.22. The number of hydrogen-bond donors (Lipinski definition) is 0. The molecule has 0 atom stereocenters. The zero-order valence-corrected chi connectivity index (χ0v) is 17.5. The van der Waals surface area contributed by atoms with Gasteiger partial charge < -0.3 is 4.90 Å². The lowest BCUT2D eigenvalue weighted by Crippen LogP contribution is -2.31. The van der Waals surface area contributed by atoms with Crippen LogP contribution in [0.25, 0.3) is 5.78 Å². The van der Waals surface area contributed by atoms with Gasteiger partial charge in [-0.05, 0) is 57.2 Å². The van der Waals surface area contributed by atoms with E-state index in [9.17, 15) is 9.18 Å². The van der Waals surface area contributed by atoms with Gasteiger partial charge in [-0.3, -0.25) is 4.79 Å². The van der Waals surface area contributed by atoms with Gasteiger partial charge in [0.1, 0.15) is 5.82 Å². The normalized spacial score (nSPS) is 11.1. The van der Waals surface area contributed by atoms with E-state index in [1.165, 1.54) is 24.3 Å². The minimum atomic E-state index is -0.399. The fourth-order valence-corrected chi connectivity index (χ4v) is 3.28. The molecule has 1 amide bonds. The van der Waals surface area contributed by atoms with E-state index in [2.05, 4.69) is 15.1 Å². The van der Waals surface area contributed by atoms with E-state index in [0.29, 0.717) is 33.6 Å². The summed E-state index contributed by atoms with van der Waals surface area (Å²) in [7, 11) is 0. The molecule has 0 unspecified atom stereocenters. The molecule has 2 heterocycles. The summed E-state index contributed by atoms with van der Waals surface area (Å²) >= 11 is 6.28. The van der Waals surface area contributed by atoms with Gasteiger partial charge in [0, 0.05) is 11.3 Å². The van der Waals surface area contributed by atoms with Crippen LogP contribution in [0.4, 0.5) is 10.1 Å². The maximum Gasteiger partial charge on any atom is 0.258 e. The standard InChI is InChI=1S/C22H19ClFN5O/c1-13-4-10-18(11-5-13)28(21(30)16-6-8-17(24)9-7-16)12-19-26-22-25-14(2)20(23)15(3)29(22)27-19/h4-11H,12H2,1-3H3. The van der Waals surface area contributed by atoms with Crippen molar-refractivity contribution in [3.63, 3.8) is 0 Å². The molecule has 0 N–H and O–H groups in total. The molecule has 4 aromatic rings. The van der Waals surface area contributed by atoms with Crippen LogP contribution in [0.1, 0.15) is 33.1 Å². The van der Waals surface area contributed by atoms with Gasteiger partial charge >= 0.3 is 0 Å². The van der Waals surface area contributed by atoms with Crippen LogP contribution in [0.3, 0.4) is 0 Å². The average molecular weight is 424 g/mol. The monoisotopic (exact) mass is 423 g/mol. The third-order valence-corrected chi connectivity index (χ3v) is 5.38. The molecule has 0 aliphatic carbocycles. The van der Waals surface area contributed by atoms with E-state index in [-0.39, 0.29) is 12.5 Å². The first-order valence-electron chi connectivity index (χ1n) is 9.36. The number of carbonyl (C=O) groups is 1. The zero-order chi connectivity index (χ0) is 21.4. The van der Waals surface area contributed by atoms with E-state index >= 15 is 0 Å². The number of fused-ring (bicyclic) bond motifs is 1. The second-order valence-corrected chi connectivity index (χ2v) is 7.45. The van der Waals surface area contributed by atoms with Crippen molar-refractivity contribution in [3.05, 3.63) is 87.7 Å². The molecular formula is C22H19ClFN5O. The molecule has 0 radical (unpaired) electrons. The molecule has 0 aliphatic heterocycles. The maximum atomic E-state index is 13.3. The van der Waals surface area contributed by atoms with E-state index in [1.807, 2.05) is 38.1 Å².